The summed E-state index contributed by atoms with van der Waals surface area (Å²) in [5.74, 6) is 0. The molecule has 0 aliphatic rings. The molecule has 2 unspecified atom stereocenters. The van der Waals surface area contributed by atoms with Gasteiger partial charge in [0.25, 0.3) is 0 Å². The molecule has 0 saturated heterocycles. The quantitative estimate of drug-likeness (QED) is 0.751. The molecule has 0 spiro atoms. The highest BCUT2D eigenvalue weighted by Gasteiger charge is 2.25. The normalized spacial score (nSPS) is 14.8. The SMILES string of the molecule is CCCC(OCC)C(NCC)c1cnnn1C. The van der Waals surface area contributed by atoms with E-state index in [9.17, 15) is 0 Å². The van der Waals surface area contributed by atoms with Crippen molar-refractivity contribution in [2.24, 2.45) is 7.05 Å². The maximum atomic E-state index is 5.84. The van der Waals surface area contributed by atoms with Crippen LogP contribution in [0.25, 0.3) is 0 Å². The highest BCUT2D eigenvalue weighted by molar-refractivity contribution is 5.04. The van der Waals surface area contributed by atoms with Gasteiger partial charge in [-0.25, -0.2) is 0 Å². The summed E-state index contributed by atoms with van der Waals surface area (Å²) in [5, 5.41) is 11.4. The standard InChI is InChI=1S/C12H24N4O/c1-5-8-11(17-7-3)12(13-6-2)10-9-14-15-16(10)4/h9,11-13H,5-8H2,1-4H3. The topological polar surface area (TPSA) is 52.0 Å². The van der Waals surface area contributed by atoms with Crippen LogP contribution in [0.3, 0.4) is 0 Å². The fraction of sp³-hybridized carbons (Fsp3) is 0.833. The first-order chi connectivity index (χ1) is 8.24. The summed E-state index contributed by atoms with van der Waals surface area (Å²) in [4.78, 5) is 0. The zero-order chi connectivity index (χ0) is 12.7. The molecule has 2 atom stereocenters. The van der Waals surface area contributed by atoms with E-state index < -0.39 is 0 Å². The number of hydrogen-bond donors (Lipinski definition) is 1. The van der Waals surface area contributed by atoms with Crippen LogP contribution < -0.4 is 5.32 Å². The van der Waals surface area contributed by atoms with E-state index in [1.54, 1.807) is 0 Å². The molecule has 1 N–H and O–H groups in total. The Bertz CT molecular complexity index is 307. The van der Waals surface area contributed by atoms with Crippen LogP contribution in [0.1, 0.15) is 45.3 Å². The molecule has 1 aromatic rings. The third-order valence-corrected chi connectivity index (χ3v) is 2.82. The molecule has 1 aromatic heterocycles. The van der Waals surface area contributed by atoms with Gasteiger partial charge in [-0.15, -0.1) is 5.10 Å². The maximum absolute atomic E-state index is 5.84. The first-order valence-corrected chi connectivity index (χ1v) is 6.44. The molecule has 98 valence electrons. The van der Waals surface area contributed by atoms with E-state index in [0.29, 0.717) is 0 Å². The highest BCUT2D eigenvalue weighted by atomic mass is 16.5. The van der Waals surface area contributed by atoms with E-state index in [4.69, 9.17) is 4.74 Å². The Hall–Kier alpha value is -0.940. The minimum atomic E-state index is 0.167. The molecule has 0 radical (unpaired) electrons. The monoisotopic (exact) mass is 240 g/mol. The van der Waals surface area contributed by atoms with Crippen molar-refractivity contribution in [1.29, 1.82) is 0 Å². The fourth-order valence-electron chi connectivity index (χ4n) is 2.07. The van der Waals surface area contributed by atoms with Gasteiger partial charge in [0.15, 0.2) is 0 Å². The summed E-state index contributed by atoms with van der Waals surface area (Å²) < 4.78 is 7.66. The van der Waals surface area contributed by atoms with Gasteiger partial charge in [0, 0.05) is 13.7 Å². The molecule has 0 bridgehead atoms. The third-order valence-electron chi connectivity index (χ3n) is 2.82. The first kappa shape index (κ1) is 14.1. The predicted octanol–water partition coefficient (Wildman–Crippen LogP) is 1.67. The number of aryl methyl sites for hydroxylation is 1. The van der Waals surface area contributed by atoms with Gasteiger partial charge < -0.3 is 10.1 Å². The van der Waals surface area contributed by atoms with Gasteiger partial charge in [-0.2, -0.15) is 0 Å². The van der Waals surface area contributed by atoms with Crippen molar-refractivity contribution in [2.45, 2.75) is 45.8 Å². The van der Waals surface area contributed by atoms with Gasteiger partial charge in [-0.05, 0) is 19.9 Å². The van der Waals surface area contributed by atoms with E-state index in [1.165, 1.54) is 0 Å². The van der Waals surface area contributed by atoms with Crippen LogP contribution in [0.5, 0.6) is 0 Å². The van der Waals surface area contributed by atoms with Crippen LogP contribution in [0.15, 0.2) is 6.20 Å². The van der Waals surface area contributed by atoms with Gasteiger partial charge in [-0.3, -0.25) is 4.68 Å². The average Bonchev–Trinajstić information content (AvgIpc) is 2.72. The van der Waals surface area contributed by atoms with Crippen LogP contribution in [0.4, 0.5) is 0 Å². The fourth-order valence-corrected chi connectivity index (χ4v) is 2.07. The number of aromatic nitrogens is 3. The summed E-state index contributed by atoms with van der Waals surface area (Å²) in [6.45, 7) is 7.95. The largest absolute Gasteiger partial charge is 0.376 e. The van der Waals surface area contributed by atoms with E-state index in [0.717, 1.165) is 31.7 Å². The van der Waals surface area contributed by atoms with Gasteiger partial charge >= 0.3 is 0 Å². The lowest BCUT2D eigenvalue weighted by Crippen LogP contribution is -2.35. The Morgan fingerprint density at radius 1 is 1.41 bits per heavy atom. The Kier molecular flexibility index (Phi) is 6.15. The lowest BCUT2D eigenvalue weighted by Gasteiger charge is -2.27. The smallest absolute Gasteiger partial charge is 0.0785 e. The van der Waals surface area contributed by atoms with Gasteiger partial charge in [0.05, 0.1) is 24.0 Å². The van der Waals surface area contributed by atoms with Crippen LogP contribution in [-0.4, -0.2) is 34.2 Å². The Morgan fingerprint density at radius 2 is 2.18 bits per heavy atom. The minimum Gasteiger partial charge on any atom is -0.376 e. The molecule has 0 aromatic carbocycles. The van der Waals surface area contributed by atoms with Gasteiger partial charge in [-0.1, -0.05) is 25.5 Å². The summed E-state index contributed by atoms with van der Waals surface area (Å²) in [6.07, 6.45) is 4.14. The van der Waals surface area contributed by atoms with E-state index in [-0.39, 0.29) is 12.1 Å². The second-order valence-electron chi connectivity index (χ2n) is 4.10. The molecule has 17 heavy (non-hydrogen) atoms. The van der Waals surface area contributed by atoms with E-state index in [1.807, 2.05) is 24.9 Å². The van der Waals surface area contributed by atoms with E-state index in [2.05, 4.69) is 29.5 Å². The molecule has 0 saturated carbocycles. The molecule has 0 aliphatic heterocycles. The van der Waals surface area contributed by atoms with Crippen molar-refractivity contribution in [3.63, 3.8) is 0 Å². The van der Waals surface area contributed by atoms with Gasteiger partial charge in [0.2, 0.25) is 0 Å². The highest BCUT2D eigenvalue weighted by Crippen LogP contribution is 2.21. The molecular formula is C12H24N4O. The summed E-state index contributed by atoms with van der Waals surface area (Å²) in [5.41, 5.74) is 1.08. The molecule has 0 aliphatic carbocycles. The number of rotatable bonds is 8. The number of ether oxygens (including phenoxy) is 1. The lowest BCUT2D eigenvalue weighted by molar-refractivity contribution is 0.0260. The van der Waals surface area contributed by atoms with Gasteiger partial charge in [0.1, 0.15) is 0 Å². The number of nitrogens with one attached hydrogen (secondary N) is 1. The molecule has 5 nitrogen and oxygen atoms in total. The first-order valence-electron chi connectivity index (χ1n) is 6.44. The van der Waals surface area contributed by atoms with Crippen molar-refractivity contribution < 1.29 is 4.74 Å². The Morgan fingerprint density at radius 3 is 2.65 bits per heavy atom. The summed E-state index contributed by atoms with van der Waals surface area (Å²) >= 11 is 0. The van der Waals surface area contributed by atoms with Crippen LogP contribution in [0.2, 0.25) is 0 Å². The molecule has 5 heteroatoms. The van der Waals surface area contributed by atoms with Crippen molar-refractivity contribution in [1.82, 2.24) is 20.3 Å². The second kappa shape index (κ2) is 7.40. The number of hydrogen-bond acceptors (Lipinski definition) is 4. The minimum absolute atomic E-state index is 0.167. The predicted molar refractivity (Wildman–Crippen MR) is 67.7 cm³/mol. The Balaban J connectivity index is 2.85. The number of likely N-dealkylation sites (N-methyl/N-ethyl adjacent to an activating group) is 1. The lowest BCUT2D eigenvalue weighted by atomic mass is 10.0. The molecule has 1 heterocycles. The molecule has 1 rings (SSSR count). The van der Waals surface area contributed by atoms with E-state index >= 15 is 0 Å². The van der Waals surface area contributed by atoms with Crippen LogP contribution in [0, 0.1) is 0 Å². The van der Waals surface area contributed by atoms with Crippen molar-refractivity contribution in [3.8, 4) is 0 Å². The molecule has 0 fully saturated rings. The zero-order valence-electron chi connectivity index (χ0n) is 11.3. The second-order valence-corrected chi connectivity index (χ2v) is 4.10. The number of nitrogens with zero attached hydrogens (tertiary/aromatic N) is 3. The van der Waals surface area contributed by atoms with Crippen LogP contribution in [-0.2, 0) is 11.8 Å². The molecule has 0 amide bonds. The Labute approximate surface area is 104 Å². The third kappa shape index (κ3) is 3.78. The summed E-state index contributed by atoms with van der Waals surface area (Å²) in [7, 11) is 1.92. The molecular weight excluding hydrogens is 216 g/mol. The average molecular weight is 240 g/mol. The van der Waals surface area contributed by atoms with Crippen LogP contribution >= 0.6 is 0 Å². The van der Waals surface area contributed by atoms with Crippen molar-refractivity contribution in [3.05, 3.63) is 11.9 Å². The summed E-state index contributed by atoms with van der Waals surface area (Å²) in [6, 6.07) is 0.167. The van der Waals surface area contributed by atoms with Crippen molar-refractivity contribution in [2.75, 3.05) is 13.2 Å². The van der Waals surface area contributed by atoms with Crippen molar-refractivity contribution >= 4 is 0 Å². The maximum Gasteiger partial charge on any atom is 0.0785 e. The zero-order valence-corrected chi connectivity index (χ0v) is 11.3.